The summed E-state index contributed by atoms with van der Waals surface area (Å²) in [4.78, 5) is 45.1. The molecule has 2 aromatic carbocycles. The lowest BCUT2D eigenvalue weighted by Crippen LogP contribution is -2.57. The lowest BCUT2D eigenvalue weighted by molar-refractivity contribution is -0.384. The van der Waals surface area contributed by atoms with E-state index in [0.717, 1.165) is 11.4 Å². The van der Waals surface area contributed by atoms with Crippen LogP contribution in [-0.4, -0.2) is 67.6 Å². The third-order valence-electron chi connectivity index (χ3n) is 6.09. The highest BCUT2D eigenvalue weighted by molar-refractivity contribution is 6.08. The molecule has 2 atom stereocenters. The van der Waals surface area contributed by atoms with Gasteiger partial charge in [0.15, 0.2) is 5.92 Å². The van der Waals surface area contributed by atoms with E-state index in [2.05, 4.69) is 10.2 Å². The number of amides is 1. The van der Waals surface area contributed by atoms with Gasteiger partial charge >= 0.3 is 5.97 Å². The Balaban J connectivity index is 1.58. The van der Waals surface area contributed by atoms with Gasteiger partial charge in [-0.05, 0) is 24.6 Å². The van der Waals surface area contributed by atoms with Gasteiger partial charge in [0.2, 0.25) is 11.9 Å². The van der Waals surface area contributed by atoms with Crippen molar-refractivity contribution in [2.75, 3.05) is 44.8 Å². The Morgan fingerprint density at radius 2 is 1.77 bits per heavy atom. The summed E-state index contributed by atoms with van der Waals surface area (Å²) in [7, 11) is 1.64. The van der Waals surface area contributed by atoms with Gasteiger partial charge in [-0.2, -0.15) is 0 Å². The lowest BCUT2D eigenvalue weighted by Gasteiger charge is -2.40. The topological polar surface area (TPSA) is 127 Å². The van der Waals surface area contributed by atoms with Gasteiger partial charge in [0.1, 0.15) is 11.8 Å². The number of hydrogen-bond acceptors (Lipinski definition) is 9. The second-order valence-electron chi connectivity index (χ2n) is 8.11. The highest BCUT2D eigenvalue weighted by Gasteiger charge is 2.42. The molecular formula is C24H27N5O6. The van der Waals surface area contributed by atoms with Gasteiger partial charge in [-0.3, -0.25) is 25.0 Å². The monoisotopic (exact) mass is 481 g/mol. The highest BCUT2D eigenvalue weighted by atomic mass is 16.6. The van der Waals surface area contributed by atoms with E-state index in [1.807, 2.05) is 29.2 Å². The van der Waals surface area contributed by atoms with Crippen LogP contribution in [0.1, 0.15) is 18.5 Å². The number of anilines is 1. The highest BCUT2D eigenvalue weighted by Crippen LogP contribution is 2.33. The van der Waals surface area contributed by atoms with E-state index in [0.29, 0.717) is 37.7 Å². The number of ether oxygens (including phenoxy) is 2. The number of esters is 1. The van der Waals surface area contributed by atoms with Crippen LogP contribution < -0.4 is 15.0 Å². The van der Waals surface area contributed by atoms with Crippen LogP contribution in [0.3, 0.4) is 0 Å². The molecule has 0 radical (unpaired) electrons. The van der Waals surface area contributed by atoms with Crippen molar-refractivity contribution in [1.82, 2.24) is 10.2 Å². The summed E-state index contributed by atoms with van der Waals surface area (Å²) < 4.78 is 10.6. The number of carbonyl (C=O) groups excluding carboxylic acids is 2. The van der Waals surface area contributed by atoms with Gasteiger partial charge in [-0.15, -0.1) is 0 Å². The average Bonchev–Trinajstić information content (AvgIpc) is 2.88. The maximum Gasteiger partial charge on any atom is 0.321 e. The minimum Gasteiger partial charge on any atom is -0.495 e. The minimum atomic E-state index is -1.19. The first-order valence-electron chi connectivity index (χ1n) is 11.4. The fraction of sp³-hybridized carbons (Fsp3) is 0.375. The zero-order chi connectivity index (χ0) is 24.9. The second kappa shape index (κ2) is 10.4. The van der Waals surface area contributed by atoms with Crippen LogP contribution in [-0.2, 0) is 14.3 Å². The van der Waals surface area contributed by atoms with Crippen LogP contribution >= 0.6 is 0 Å². The number of para-hydroxylation sites is 2. The number of nitrogens with one attached hydrogen (secondary N) is 1. The molecule has 1 N–H and O–H groups in total. The molecule has 4 rings (SSSR count). The Hall–Kier alpha value is -4.15. The molecule has 1 fully saturated rings. The molecule has 11 heteroatoms. The zero-order valence-corrected chi connectivity index (χ0v) is 19.5. The van der Waals surface area contributed by atoms with Crippen molar-refractivity contribution in [3.05, 3.63) is 64.2 Å². The molecule has 2 heterocycles. The Labute approximate surface area is 202 Å². The molecule has 0 bridgehead atoms. The number of carbonyl (C=O) groups is 2. The van der Waals surface area contributed by atoms with Gasteiger partial charge in [0, 0.05) is 38.3 Å². The SMILES string of the molecule is CCOC(=O)[C@@H]1C(=O)NC(N2CCN(c3ccccc3OC)CC2)=N[C@@H]1c1ccc([N+](=O)[O-])cc1. The predicted octanol–water partition coefficient (Wildman–Crippen LogP) is 2.13. The number of rotatable bonds is 6. The molecule has 0 aliphatic carbocycles. The fourth-order valence-corrected chi connectivity index (χ4v) is 4.31. The number of piperazine rings is 1. The van der Waals surface area contributed by atoms with Crippen molar-refractivity contribution in [1.29, 1.82) is 0 Å². The van der Waals surface area contributed by atoms with Crippen LogP contribution in [0, 0.1) is 16.0 Å². The Morgan fingerprint density at radius 1 is 1.11 bits per heavy atom. The normalized spacial score (nSPS) is 20.1. The maximum absolute atomic E-state index is 13.0. The molecular weight excluding hydrogens is 454 g/mol. The number of aliphatic imine (C=N–C) groups is 1. The number of benzene rings is 2. The quantitative estimate of drug-likeness (QED) is 0.288. The molecule has 2 aliphatic heterocycles. The third-order valence-corrected chi connectivity index (χ3v) is 6.09. The molecule has 2 aromatic rings. The van der Waals surface area contributed by atoms with Crippen LogP contribution in [0.15, 0.2) is 53.5 Å². The van der Waals surface area contributed by atoms with Gasteiger partial charge in [0.05, 0.1) is 24.3 Å². The summed E-state index contributed by atoms with van der Waals surface area (Å²) in [5.74, 6) is -1.21. The molecule has 2 aliphatic rings. The molecule has 0 unspecified atom stereocenters. The molecule has 184 valence electrons. The van der Waals surface area contributed by atoms with E-state index in [9.17, 15) is 19.7 Å². The number of nitrogens with zero attached hydrogens (tertiary/aromatic N) is 4. The van der Waals surface area contributed by atoms with Gasteiger partial charge < -0.3 is 19.3 Å². The number of guanidine groups is 1. The Morgan fingerprint density at radius 3 is 2.40 bits per heavy atom. The molecule has 0 aromatic heterocycles. The van der Waals surface area contributed by atoms with Crippen molar-refractivity contribution in [3.8, 4) is 5.75 Å². The first-order chi connectivity index (χ1) is 16.9. The smallest absolute Gasteiger partial charge is 0.321 e. The van der Waals surface area contributed by atoms with Gasteiger partial charge in [0.25, 0.3) is 5.69 Å². The van der Waals surface area contributed by atoms with Crippen molar-refractivity contribution < 1.29 is 24.0 Å². The minimum absolute atomic E-state index is 0.0849. The van der Waals surface area contributed by atoms with Gasteiger partial charge in [-0.1, -0.05) is 24.3 Å². The standard InChI is InChI=1S/C24H27N5O6/c1-3-35-23(31)20-21(16-8-10-17(11-9-16)29(32)33)25-24(26-22(20)30)28-14-12-27(13-15-28)18-6-4-5-7-19(18)34-2/h4-11,20-21H,3,12-15H2,1-2H3,(H,25,26,30)/t20-,21+/m0/s1. The summed E-state index contributed by atoms with van der Waals surface area (Å²) in [6, 6.07) is 12.7. The summed E-state index contributed by atoms with van der Waals surface area (Å²) in [6.07, 6.45) is 0. The van der Waals surface area contributed by atoms with Crippen molar-refractivity contribution in [2.45, 2.75) is 13.0 Å². The third kappa shape index (κ3) is 5.03. The van der Waals surface area contributed by atoms with E-state index in [4.69, 9.17) is 14.5 Å². The van der Waals surface area contributed by atoms with E-state index in [-0.39, 0.29) is 12.3 Å². The van der Waals surface area contributed by atoms with Gasteiger partial charge in [-0.25, -0.2) is 4.99 Å². The zero-order valence-electron chi connectivity index (χ0n) is 19.5. The Kier molecular flexibility index (Phi) is 7.14. The predicted molar refractivity (Wildman–Crippen MR) is 128 cm³/mol. The number of nitro groups is 1. The molecule has 35 heavy (non-hydrogen) atoms. The first-order valence-corrected chi connectivity index (χ1v) is 11.4. The summed E-state index contributed by atoms with van der Waals surface area (Å²) >= 11 is 0. The molecule has 11 nitrogen and oxygen atoms in total. The van der Waals surface area contributed by atoms with Crippen molar-refractivity contribution in [2.24, 2.45) is 10.9 Å². The maximum atomic E-state index is 13.0. The summed E-state index contributed by atoms with van der Waals surface area (Å²) in [6.45, 7) is 4.33. The first kappa shape index (κ1) is 24.0. The Bertz CT molecular complexity index is 1130. The second-order valence-corrected chi connectivity index (χ2v) is 8.11. The molecule has 0 saturated carbocycles. The lowest BCUT2D eigenvalue weighted by atomic mass is 9.91. The van der Waals surface area contributed by atoms with E-state index >= 15 is 0 Å². The summed E-state index contributed by atoms with van der Waals surface area (Å²) in [5.41, 5.74) is 1.43. The number of hydrogen-bond donors (Lipinski definition) is 1. The molecule has 0 spiro atoms. The average molecular weight is 482 g/mol. The fourth-order valence-electron chi connectivity index (χ4n) is 4.31. The molecule has 1 amide bonds. The summed E-state index contributed by atoms with van der Waals surface area (Å²) in [5, 5.41) is 13.8. The number of nitro benzene ring substituents is 1. The van der Waals surface area contributed by atoms with Crippen LogP contribution in [0.4, 0.5) is 11.4 Å². The van der Waals surface area contributed by atoms with E-state index in [1.165, 1.54) is 24.3 Å². The number of non-ortho nitro benzene ring substituents is 1. The van der Waals surface area contributed by atoms with E-state index in [1.54, 1.807) is 14.0 Å². The molecule has 1 saturated heterocycles. The van der Waals surface area contributed by atoms with Crippen molar-refractivity contribution in [3.63, 3.8) is 0 Å². The largest absolute Gasteiger partial charge is 0.495 e. The van der Waals surface area contributed by atoms with Crippen LogP contribution in [0.25, 0.3) is 0 Å². The van der Waals surface area contributed by atoms with Crippen LogP contribution in [0.2, 0.25) is 0 Å². The van der Waals surface area contributed by atoms with Crippen LogP contribution in [0.5, 0.6) is 5.75 Å². The van der Waals surface area contributed by atoms with E-state index < -0.39 is 28.8 Å². The number of methoxy groups -OCH3 is 1. The van der Waals surface area contributed by atoms with Crippen molar-refractivity contribution >= 4 is 29.2 Å².